The van der Waals surface area contributed by atoms with Crippen molar-refractivity contribution in [3.63, 3.8) is 0 Å². The van der Waals surface area contributed by atoms with Gasteiger partial charge in [-0.2, -0.15) is 0 Å². The van der Waals surface area contributed by atoms with Crippen LogP contribution in [0.2, 0.25) is 0 Å². The Hall–Kier alpha value is -3.90. The van der Waals surface area contributed by atoms with E-state index < -0.39 is 0 Å². The Labute approximate surface area is 206 Å². The first-order valence-corrected chi connectivity index (χ1v) is 12.8. The molecule has 2 aliphatic rings. The van der Waals surface area contributed by atoms with E-state index in [1.807, 2.05) is 0 Å². The Bertz CT molecular complexity index is 1840. The van der Waals surface area contributed by atoms with Gasteiger partial charge in [0.15, 0.2) is 0 Å². The lowest BCUT2D eigenvalue weighted by atomic mass is 9.77. The van der Waals surface area contributed by atoms with Crippen LogP contribution < -0.4 is 10.4 Å². The van der Waals surface area contributed by atoms with E-state index in [4.69, 9.17) is 0 Å². The summed E-state index contributed by atoms with van der Waals surface area (Å²) in [6.45, 7) is 2.25. The zero-order chi connectivity index (χ0) is 23.4. The summed E-state index contributed by atoms with van der Waals surface area (Å²) in [5.74, 6) is 0.260. The van der Waals surface area contributed by atoms with Crippen molar-refractivity contribution in [2.24, 2.45) is 0 Å². The molecule has 0 spiro atoms. The fourth-order valence-corrected chi connectivity index (χ4v) is 6.39. The van der Waals surface area contributed by atoms with Crippen molar-refractivity contribution < 1.29 is 0 Å². The number of aryl methyl sites for hydroxylation is 1. The average molecular weight is 449 g/mol. The molecule has 168 valence electrons. The van der Waals surface area contributed by atoms with Gasteiger partial charge in [-0.05, 0) is 91.2 Å². The van der Waals surface area contributed by atoms with Crippen LogP contribution in [0.3, 0.4) is 0 Å². The molecule has 1 atom stereocenters. The van der Waals surface area contributed by atoms with E-state index in [0.717, 1.165) is 12.8 Å². The fourth-order valence-electron chi connectivity index (χ4n) is 6.39. The molecule has 0 N–H and O–H groups in total. The minimum atomic E-state index is 0.260. The summed E-state index contributed by atoms with van der Waals surface area (Å²) in [5, 5.41) is 8.20. The van der Waals surface area contributed by atoms with Crippen molar-refractivity contribution in [1.82, 2.24) is 0 Å². The van der Waals surface area contributed by atoms with E-state index in [9.17, 15) is 0 Å². The molecule has 0 amide bonds. The van der Waals surface area contributed by atoms with Crippen molar-refractivity contribution in [1.29, 1.82) is 0 Å². The van der Waals surface area contributed by atoms with E-state index in [-0.39, 0.29) is 5.92 Å². The highest BCUT2D eigenvalue weighted by molar-refractivity contribution is 5.84. The van der Waals surface area contributed by atoms with Crippen LogP contribution in [-0.4, -0.2) is 0 Å². The van der Waals surface area contributed by atoms with Crippen LogP contribution in [0.15, 0.2) is 103 Å². The molecule has 0 heteroatoms. The van der Waals surface area contributed by atoms with Crippen LogP contribution in [0, 0.1) is 17.4 Å². The van der Waals surface area contributed by atoms with Crippen LogP contribution in [0.1, 0.15) is 46.6 Å². The third-order valence-electron chi connectivity index (χ3n) is 8.05. The maximum atomic E-state index is 2.50. The van der Waals surface area contributed by atoms with E-state index in [1.165, 1.54) is 65.9 Å². The molecule has 0 saturated carbocycles. The fraction of sp³-hybridized carbons (Fsp3) is 0.143. The van der Waals surface area contributed by atoms with Crippen LogP contribution in [0.5, 0.6) is 0 Å². The van der Waals surface area contributed by atoms with Crippen LogP contribution in [0.25, 0.3) is 22.4 Å². The number of rotatable bonds is 2. The summed E-state index contributed by atoms with van der Waals surface area (Å²) in [5.41, 5.74) is 8.75. The first kappa shape index (κ1) is 20.5. The highest BCUT2D eigenvalue weighted by atomic mass is 14.3. The molecule has 2 aliphatic carbocycles. The smallest absolute Gasteiger partial charge is 0.0287 e. The summed E-state index contributed by atoms with van der Waals surface area (Å²) in [6.07, 6.45) is 6.01. The maximum absolute atomic E-state index is 2.50. The lowest BCUT2D eigenvalue weighted by Gasteiger charge is -2.26. The molecule has 0 nitrogen and oxygen atoms in total. The van der Waals surface area contributed by atoms with Gasteiger partial charge in [-0.1, -0.05) is 109 Å². The van der Waals surface area contributed by atoms with Gasteiger partial charge in [0.05, 0.1) is 0 Å². The average Bonchev–Trinajstić information content (AvgIpc) is 2.92. The molecule has 0 bridgehead atoms. The van der Waals surface area contributed by atoms with Crippen molar-refractivity contribution in [3.05, 3.63) is 152 Å². The zero-order valence-corrected chi connectivity index (χ0v) is 20.1. The van der Waals surface area contributed by atoms with Gasteiger partial charge < -0.3 is 0 Å². The molecule has 0 saturated heterocycles. The number of hydrogen-bond acceptors (Lipinski definition) is 0. The number of benzene rings is 5. The lowest BCUT2D eigenvalue weighted by Crippen LogP contribution is -2.25. The third kappa shape index (κ3) is 3.28. The van der Waals surface area contributed by atoms with Crippen LogP contribution in [0.4, 0.5) is 0 Å². The van der Waals surface area contributed by atoms with Gasteiger partial charge >= 0.3 is 0 Å². The van der Waals surface area contributed by atoms with Gasteiger partial charge in [-0.15, -0.1) is 0 Å². The van der Waals surface area contributed by atoms with Crippen molar-refractivity contribution in [3.8, 4) is 0 Å². The summed E-state index contributed by atoms with van der Waals surface area (Å²) in [7, 11) is 0. The molecule has 0 aliphatic heterocycles. The molecule has 0 fully saturated rings. The highest BCUT2D eigenvalue weighted by Gasteiger charge is 2.24. The number of fused-ring (bicyclic) bond motifs is 5. The van der Waals surface area contributed by atoms with Gasteiger partial charge in [-0.25, -0.2) is 0 Å². The summed E-state index contributed by atoms with van der Waals surface area (Å²) in [6, 6.07) is 38.4. The highest BCUT2D eigenvalue weighted by Crippen LogP contribution is 2.35. The maximum Gasteiger partial charge on any atom is 0.0287 e. The molecule has 7 rings (SSSR count). The van der Waals surface area contributed by atoms with Gasteiger partial charge in [0, 0.05) is 5.92 Å². The Morgan fingerprint density at radius 3 is 2.31 bits per heavy atom. The predicted molar refractivity (Wildman–Crippen MR) is 147 cm³/mol. The van der Waals surface area contributed by atoms with Gasteiger partial charge in [0.2, 0.25) is 0 Å². The molecule has 5 aromatic rings. The second kappa shape index (κ2) is 8.10. The van der Waals surface area contributed by atoms with E-state index >= 15 is 0 Å². The molecule has 0 aromatic heterocycles. The summed E-state index contributed by atoms with van der Waals surface area (Å²) >= 11 is 0. The Kier molecular flexibility index (Phi) is 4.74. The monoisotopic (exact) mass is 448 g/mol. The second-order valence-electron chi connectivity index (χ2n) is 10.0. The molecule has 0 heterocycles. The largest absolute Gasteiger partial charge is 0.0647 e. The Balaban J connectivity index is 1.58. The Morgan fingerprint density at radius 1 is 0.629 bits per heavy atom. The minimum absolute atomic E-state index is 0.260. The van der Waals surface area contributed by atoms with E-state index in [2.05, 4.69) is 116 Å². The van der Waals surface area contributed by atoms with Crippen LogP contribution in [-0.2, 0) is 6.42 Å². The van der Waals surface area contributed by atoms with Crippen molar-refractivity contribution in [2.45, 2.75) is 32.1 Å². The predicted octanol–water partition coefficient (Wildman–Crippen LogP) is 6.90. The van der Waals surface area contributed by atoms with Crippen molar-refractivity contribution in [2.75, 3.05) is 0 Å². The normalized spacial score (nSPS) is 16.3. The van der Waals surface area contributed by atoms with E-state index in [1.54, 1.807) is 5.56 Å². The third-order valence-corrected chi connectivity index (χ3v) is 8.05. The quantitative estimate of drug-likeness (QED) is 0.276. The zero-order valence-electron chi connectivity index (χ0n) is 20.1. The molecule has 35 heavy (non-hydrogen) atoms. The summed E-state index contributed by atoms with van der Waals surface area (Å²) in [4.78, 5) is 0. The van der Waals surface area contributed by atoms with E-state index in [0.29, 0.717) is 0 Å². The molecular weight excluding hydrogens is 420 g/mol. The molecular formula is C35H28. The summed E-state index contributed by atoms with van der Waals surface area (Å²) < 4.78 is 0. The van der Waals surface area contributed by atoms with Crippen LogP contribution >= 0.6 is 0 Å². The second-order valence-corrected chi connectivity index (χ2v) is 10.0. The number of hydrogen-bond donors (Lipinski definition) is 0. The molecule has 0 radical (unpaired) electrons. The SMILES string of the molecule is Cc1ccccc1C1=c2ccc3c(c2CCC1)C(c1ccc2ccccc2c1)C=c1ccccc1=3. The first-order valence-electron chi connectivity index (χ1n) is 12.8. The minimum Gasteiger partial charge on any atom is -0.0647 e. The van der Waals surface area contributed by atoms with Gasteiger partial charge in [-0.3, -0.25) is 0 Å². The Morgan fingerprint density at radius 2 is 1.40 bits per heavy atom. The standard InChI is InChI=1S/C35H28/c1-23-9-2-6-13-28(23)30-15-8-16-32-31(30)19-20-33-29-14-7-5-12-26(29)22-34(35(32)33)27-18-17-24-10-3-4-11-25(24)21-27/h2-7,9-14,17-22,34H,8,15-16H2,1H3. The lowest BCUT2D eigenvalue weighted by molar-refractivity contribution is 0.800. The first-order chi connectivity index (χ1) is 17.3. The van der Waals surface area contributed by atoms with Gasteiger partial charge in [0.1, 0.15) is 0 Å². The molecule has 5 aromatic carbocycles. The van der Waals surface area contributed by atoms with Gasteiger partial charge in [0.25, 0.3) is 0 Å². The van der Waals surface area contributed by atoms with Crippen molar-refractivity contribution >= 4 is 22.4 Å². The molecule has 1 unspecified atom stereocenters. The topological polar surface area (TPSA) is 0 Å².